The van der Waals surface area contributed by atoms with Crippen molar-refractivity contribution >= 4 is 118 Å². The summed E-state index contributed by atoms with van der Waals surface area (Å²) in [6.07, 6.45) is 0. The fourth-order valence-electron chi connectivity index (χ4n) is 1.90. The third-order valence-corrected chi connectivity index (χ3v) is 8.48. The van der Waals surface area contributed by atoms with Crippen LogP contribution in [0.1, 0.15) is 0 Å². The maximum Gasteiger partial charge on any atom is 0.152 e. The molecule has 0 bridgehead atoms. The van der Waals surface area contributed by atoms with Gasteiger partial charge in [0, 0.05) is 24.2 Å². The molecule has 0 atom stereocenters. The average molecular weight is 642 g/mol. The van der Waals surface area contributed by atoms with Gasteiger partial charge in [-0.05, 0) is 91.8 Å². The molecule has 98 valence electrons. The Balaban J connectivity index is 2.67. The Morgan fingerprint density at radius 3 is 2.00 bits per heavy atom. The lowest BCUT2D eigenvalue weighted by Crippen LogP contribution is -1.79. The van der Waals surface area contributed by atoms with E-state index >= 15 is 0 Å². The summed E-state index contributed by atoms with van der Waals surface area (Å²) in [7, 11) is 0. The van der Waals surface area contributed by atoms with E-state index in [1.165, 1.54) is 0 Å². The van der Waals surface area contributed by atoms with Crippen molar-refractivity contribution in [2.45, 2.75) is 0 Å². The van der Waals surface area contributed by atoms with Crippen molar-refractivity contribution < 1.29 is 4.42 Å². The van der Waals surface area contributed by atoms with Crippen LogP contribution in [-0.4, -0.2) is 0 Å². The third kappa shape index (κ3) is 2.32. The second kappa shape index (κ2) is 5.39. The number of furan rings is 1. The molecule has 0 saturated heterocycles. The molecule has 0 N–H and O–H groups in total. The second-order valence-corrected chi connectivity index (χ2v) is 8.77. The van der Waals surface area contributed by atoms with Crippen LogP contribution in [0.25, 0.3) is 21.9 Å². The Labute approximate surface area is 159 Å². The van der Waals surface area contributed by atoms with Crippen molar-refractivity contribution in [3.8, 4) is 0 Å². The summed E-state index contributed by atoms with van der Waals surface area (Å²) in [5.74, 6) is 0. The molecule has 0 amide bonds. The topological polar surface area (TPSA) is 13.1 Å². The molecule has 0 aliphatic rings. The first-order valence-electron chi connectivity index (χ1n) is 4.95. The van der Waals surface area contributed by atoms with E-state index < -0.39 is 0 Å². The van der Waals surface area contributed by atoms with Crippen LogP contribution in [0.15, 0.2) is 43.4 Å². The molecular weight excluding hydrogens is 640 g/mol. The summed E-state index contributed by atoms with van der Waals surface area (Å²) < 4.78 is 11.6. The number of rotatable bonds is 0. The molecule has 19 heavy (non-hydrogen) atoms. The van der Waals surface area contributed by atoms with Crippen LogP contribution in [0.4, 0.5) is 0 Å². The predicted octanol–water partition coefficient (Wildman–Crippen LogP) is 8.16. The highest BCUT2D eigenvalue weighted by molar-refractivity contribution is 9.15. The van der Waals surface area contributed by atoms with Crippen LogP contribution in [0.2, 0.25) is 0 Å². The highest BCUT2D eigenvalue weighted by Crippen LogP contribution is 2.48. The molecule has 1 nitrogen and oxygen atoms in total. The third-order valence-electron chi connectivity index (χ3n) is 2.71. The van der Waals surface area contributed by atoms with E-state index in [0.29, 0.717) is 0 Å². The van der Waals surface area contributed by atoms with Crippen molar-refractivity contribution in [1.82, 2.24) is 0 Å². The van der Waals surface area contributed by atoms with Crippen molar-refractivity contribution in [2.75, 3.05) is 0 Å². The highest BCUT2D eigenvalue weighted by atomic mass is 79.9. The maximum atomic E-state index is 5.99. The van der Waals surface area contributed by atoms with Gasteiger partial charge in [0.25, 0.3) is 0 Å². The highest BCUT2D eigenvalue weighted by Gasteiger charge is 2.21. The van der Waals surface area contributed by atoms with Crippen LogP contribution < -0.4 is 0 Å². The van der Waals surface area contributed by atoms with Gasteiger partial charge in [-0.15, -0.1) is 0 Å². The molecule has 0 radical (unpaired) electrons. The zero-order valence-corrected chi connectivity index (χ0v) is 18.3. The van der Waals surface area contributed by atoms with Crippen LogP contribution in [0.5, 0.6) is 0 Å². The van der Waals surface area contributed by atoms with Gasteiger partial charge in [-0.1, -0.05) is 15.9 Å². The van der Waals surface area contributed by atoms with Crippen LogP contribution in [-0.2, 0) is 0 Å². The minimum atomic E-state index is 0.802. The molecular formula is C12H2Br6O. The van der Waals surface area contributed by atoms with Gasteiger partial charge in [0.2, 0.25) is 0 Å². The number of hydrogen-bond donors (Lipinski definition) is 0. The standard InChI is InChI=1S/C12H2Br6O/c13-3-1-4-6-7(15)8(16)9(17)10(18)12(6)19-11(4)5(14)2-3/h1-2H. The average Bonchev–Trinajstić information content (AvgIpc) is 2.73. The van der Waals surface area contributed by atoms with Gasteiger partial charge in [-0.2, -0.15) is 0 Å². The van der Waals surface area contributed by atoms with Gasteiger partial charge in [0.1, 0.15) is 5.58 Å². The van der Waals surface area contributed by atoms with Gasteiger partial charge in [0.15, 0.2) is 5.58 Å². The summed E-state index contributed by atoms with van der Waals surface area (Å²) in [5.41, 5.74) is 1.63. The smallest absolute Gasteiger partial charge is 0.152 e. The lowest BCUT2D eigenvalue weighted by molar-refractivity contribution is 0.664. The molecule has 0 fully saturated rings. The monoisotopic (exact) mass is 636 g/mol. The number of halogens is 6. The Morgan fingerprint density at radius 1 is 0.684 bits per heavy atom. The molecule has 0 saturated carbocycles. The van der Waals surface area contributed by atoms with Gasteiger partial charge in [-0.3, -0.25) is 0 Å². The van der Waals surface area contributed by atoms with Crippen LogP contribution >= 0.6 is 95.6 Å². The SMILES string of the molecule is Brc1cc(Br)c2oc3c(Br)c(Br)c(Br)c(Br)c3c2c1. The van der Waals surface area contributed by atoms with Crippen molar-refractivity contribution in [3.05, 3.63) is 39.0 Å². The van der Waals surface area contributed by atoms with Crippen molar-refractivity contribution in [1.29, 1.82) is 0 Å². The van der Waals surface area contributed by atoms with Crippen LogP contribution in [0.3, 0.4) is 0 Å². The van der Waals surface area contributed by atoms with Gasteiger partial charge < -0.3 is 4.42 Å². The molecule has 7 heteroatoms. The second-order valence-electron chi connectivity index (χ2n) is 3.83. The molecule has 0 aliphatic heterocycles. The Kier molecular flexibility index (Phi) is 4.27. The van der Waals surface area contributed by atoms with Gasteiger partial charge in [-0.25, -0.2) is 0 Å². The van der Waals surface area contributed by atoms with Gasteiger partial charge >= 0.3 is 0 Å². The summed E-state index contributed by atoms with van der Waals surface area (Å²) in [5, 5.41) is 2.07. The van der Waals surface area contributed by atoms with E-state index in [0.717, 1.165) is 48.8 Å². The molecule has 3 rings (SSSR count). The maximum absolute atomic E-state index is 5.99. The normalized spacial score (nSPS) is 11.7. The molecule has 0 unspecified atom stereocenters. The lowest BCUT2D eigenvalue weighted by atomic mass is 10.1. The zero-order chi connectivity index (χ0) is 13.9. The lowest BCUT2D eigenvalue weighted by Gasteiger charge is -2.04. The molecule has 0 aliphatic carbocycles. The van der Waals surface area contributed by atoms with Gasteiger partial charge in [0.05, 0.1) is 13.4 Å². The summed E-state index contributed by atoms with van der Waals surface area (Å²) in [6.45, 7) is 0. The fraction of sp³-hybridized carbons (Fsp3) is 0. The summed E-state index contributed by atoms with van der Waals surface area (Å²) >= 11 is 21.3. The molecule has 0 spiro atoms. The largest absolute Gasteiger partial charge is 0.454 e. The molecule has 2 aromatic carbocycles. The minimum absolute atomic E-state index is 0.802. The van der Waals surface area contributed by atoms with E-state index in [9.17, 15) is 0 Å². The van der Waals surface area contributed by atoms with Crippen LogP contribution in [0, 0.1) is 0 Å². The van der Waals surface area contributed by atoms with E-state index in [-0.39, 0.29) is 0 Å². The first kappa shape index (κ1) is 15.0. The van der Waals surface area contributed by atoms with E-state index in [4.69, 9.17) is 4.42 Å². The van der Waals surface area contributed by atoms with E-state index in [2.05, 4.69) is 95.6 Å². The number of hydrogen-bond acceptors (Lipinski definition) is 1. The van der Waals surface area contributed by atoms with Crippen molar-refractivity contribution in [3.63, 3.8) is 0 Å². The minimum Gasteiger partial charge on any atom is -0.454 e. The molecule has 1 aromatic heterocycles. The van der Waals surface area contributed by atoms with E-state index in [1.807, 2.05) is 12.1 Å². The number of benzene rings is 2. The molecule has 1 heterocycles. The van der Waals surface area contributed by atoms with E-state index in [1.54, 1.807) is 0 Å². The Morgan fingerprint density at radius 2 is 1.32 bits per heavy atom. The fourth-order valence-corrected chi connectivity index (χ4v) is 5.58. The first-order chi connectivity index (χ1) is 8.91. The predicted molar refractivity (Wildman–Crippen MR) is 99.9 cm³/mol. The Bertz CT molecular complexity index is 836. The summed E-state index contributed by atoms with van der Waals surface area (Å²) in [4.78, 5) is 0. The zero-order valence-electron chi connectivity index (χ0n) is 8.83. The summed E-state index contributed by atoms with van der Waals surface area (Å²) in [6, 6.07) is 4.01. The first-order valence-corrected chi connectivity index (χ1v) is 9.70. The number of fused-ring (bicyclic) bond motifs is 3. The quantitative estimate of drug-likeness (QED) is 0.178. The Hall–Kier alpha value is 1.12. The van der Waals surface area contributed by atoms with Crippen molar-refractivity contribution in [2.24, 2.45) is 0 Å². The molecule has 3 aromatic rings.